The molecule has 0 aliphatic carbocycles. The molecule has 0 aliphatic heterocycles. The van der Waals surface area contributed by atoms with Gasteiger partial charge in [0.15, 0.2) is 0 Å². The summed E-state index contributed by atoms with van der Waals surface area (Å²) >= 11 is 0. The van der Waals surface area contributed by atoms with E-state index < -0.39 is 11.4 Å². The second-order valence-electron chi connectivity index (χ2n) is 5.80. The summed E-state index contributed by atoms with van der Waals surface area (Å²) in [6, 6.07) is 7.33. The number of hydrogen-bond donors (Lipinski definition) is 2. The van der Waals surface area contributed by atoms with Crippen LogP contribution in [0.3, 0.4) is 0 Å². The van der Waals surface area contributed by atoms with Crippen LogP contribution in [0.25, 0.3) is 10.9 Å². The largest absolute Gasteiger partial charge is 0.480 e. The van der Waals surface area contributed by atoms with E-state index in [0.29, 0.717) is 0 Å². The van der Waals surface area contributed by atoms with E-state index in [1.165, 1.54) is 0 Å². The fraction of sp³-hybridized carbons (Fsp3) is 0.375. The summed E-state index contributed by atoms with van der Waals surface area (Å²) in [5, 5.41) is 12.7. The van der Waals surface area contributed by atoms with Gasteiger partial charge in [0.2, 0.25) is 5.91 Å². The second-order valence-corrected chi connectivity index (χ2v) is 5.80. The minimum absolute atomic E-state index is 0.0191. The van der Waals surface area contributed by atoms with Gasteiger partial charge in [-0.25, -0.2) is 0 Å². The molecule has 0 aliphatic rings. The van der Waals surface area contributed by atoms with Crippen LogP contribution in [0, 0.1) is 5.41 Å². The zero-order valence-electron chi connectivity index (χ0n) is 12.5. The van der Waals surface area contributed by atoms with Crippen molar-refractivity contribution in [3.63, 3.8) is 0 Å². The number of fused-ring (bicyclic) bond motifs is 1. The Bertz CT molecular complexity index is 686. The molecule has 5 nitrogen and oxygen atoms in total. The summed E-state index contributed by atoms with van der Waals surface area (Å²) < 4.78 is 1.67. The quantitative estimate of drug-likeness (QED) is 0.888. The number of carboxylic acid groups (broad SMARTS) is 1. The third-order valence-corrected chi connectivity index (χ3v) is 3.83. The van der Waals surface area contributed by atoms with Gasteiger partial charge in [0.25, 0.3) is 0 Å². The minimum atomic E-state index is -0.880. The average Bonchev–Trinajstić information content (AvgIpc) is 2.80. The fourth-order valence-corrected chi connectivity index (χ4v) is 2.02. The van der Waals surface area contributed by atoms with Crippen LogP contribution in [-0.2, 0) is 16.1 Å². The van der Waals surface area contributed by atoms with Gasteiger partial charge in [0.1, 0.15) is 6.54 Å². The van der Waals surface area contributed by atoms with Crippen LogP contribution in [0.15, 0.2) is 30.5 Å². The van der Waals surface area contributed by atoms with E-state index in [9.17, 15) is 9.59 Å². The van der Waals surface area contributed by atoms with Crippen molar-refractivity contribution in [2.45, 2.75) is 33.7 Å². The maximum absolute atomic E-state index is 12.2. The standard InChI is InChI=1S/C16H20N2O3/c1-4-16(2,3)15(21)17-12-5-6-13-11(9-12)7-8-18(13)10-14(19)20/h5-9H,4,10H2,1-3H3,(H,17,21)(H,19,20). The molecular formula is C16H20N2O3. The van der Waals surface area contributed by atoms with Gasteiger partial charge in [0, 0.05) is 28.2 Å². The number of carboxylic acids is 1. The molecule has 1 aromatic heterocycles. The lowest BCUT2D eigenvalue weighted by atomic mass is 9.89. The van der Waals surface area contributed by atoms with Crippen LogP contribution >= 0.6 is 0 Å². The number of amides is 1. The number of anilines is 1. The summed E-state index contributed by atoms with van der Waals surface area (Å²) in [4.78, 5) is 22.9. The zero-order valence-corrected chi connectivity index (χ0v) is 12.5. The number of hydrogen-bond acceptors (Lipinski definition) is 2. The fourth-order valence-electron chi connectivity index (χ4n) is 2.02. The van der Waals surface area contributed by atoms with Crippen molar-refractivity contribution in [3.05, 3.63) is 30.5 Å². The highest BCUT2D eigenvalue weighted by molar-refractivity contribution is 5.97. The Labute approximate surface area is 123 Å². The van der Waals surface area contributed by atoms with E-state index >= 15 is 0 Å². The number of carbonyl (C=O) groups excluding carboxylic acids is 1. The van der Waals surface area contributed by atoms with Crippen molar-refractivity contribution in [1.82, 2.24) is 4.57 Å². The molecule has 0 bridgehead atoms. The first-order valence-corrected chi connectivity index (χ1v) is 6.95. The highest BCUT2D eigenvalue weighted by Gasteiger charge is 2.25. The van der Waals surface area contributed by atoms with Gasteiger partial charge in [-0.2, -0.15) is 0 Å². The number of rotatable bonds is 5. The topological polar surface area (TPSA) is 71.3 Å². The first-order valence-electron chi connectivity index (χ1n) is 6.95. The van der Waals surface area contributed by atoms with E-state index in [0.717, 1.165) is 23.0 Å². The molecule has 2 rings (SSSR count). The number of aromatic nitrogens is 1. The number of benzene rings is 1. The Hall–Kier alpha value is -2.30. The summed E-state index contributed by atoms with van der Waals surface area (Å²) in [5.41, 5.74) is 1.15. The third-order valence-electron chi connectivity index (χ3n) is 3.83. The Balaban J connectivity index is 2.24. The minimum Gasteiger partial charge on any atom is -0.480 e. The van der Waals surface area contributed by atoms with Crippen molar-refractivity contribution < 1.29 is 14.7 Å². The highest BCUT2D eigenvalue weighted by atomic mass is 16.4. The van der Waals surface area contributed by atoms with Crippen molar-refractivity contribution in [2.24, 2.45) is 5.41 Å². The predicted octanol–water partition coefficient (Wildman–Crippen LogP) is 3.10. The maximum Gasteiger partial charge on any atom is 0.323 e. The molecule has 0 radical (unpaired) electrons. The zero-order chi connectivity index (χ0) is 15.6. The van der Waals surface area contributed by atoms with Crippen LogP contribution < -0.4 is 5.32 Å². The van der Waals surface area contributed by atoms with Gasteiger partial charge in [-0.15, -0.1) is 0 Å². The van der Waals surface area contributed by atoms with Gasteiger partial charge in [-0.05, 0) is 30.7 Å². The summed E-state index contributed by atoms with van der Waals surface area (Å²) in [6.07, 6.45) is 2.50. The van der Waals surface area contributed by atoms with Crippen LogP contribution in [0.1, 0.15) is 27.2 Å². The molecule has 0 saturated carbocycles. The molecule has 2 aromatic rings. The normalized spacial score (nSPS) is 11.6. The molecular weight excluding hydrogens is 268 g/mol. The van der Waals surface area contributed by atoms with E-state index in [-0.39, 0.29) is 12.5 Å². The van der Waals surface area contributed by atoms with Gasteiger partial charge in [-0.1, -0.05) is 20.8 Å². The number of nitrogens with one attached hydrogen (secondary N) is 1. The van der Waals surface area contributed by atoms with Crippen LogP contribution in [0.4, 0.5) is 5.69 Å². The van der Waals surface area contributed by atoms with E-state index in [2.05, 4.69) is 5.32 Å². The van der Waals surface area contributed by atoms with Gasteiger partial charge in [0.05, 0.1) is 0 Å². The summed E-state index contributed by atoms with van der Waals surface area (Å²) in [6.45, 7) is 5.72. The molecule has 1 heterocycles. The average molecular weight is 288 g/mol. The SMILES string of the molecule is CCC(C)(C)C(=O)Nc1ccc2c(ccn2CC(=O)O)c1. The second kappa shape index (κ2) is 5.60. The molecule has 0 spiro atoms. The van der Waals surface area contributed by atoms with E-state index in [4.69, 9.17) is 5.11 Å². The first-order chi connectivity index (χ1) is 9.83. The Morgan fingerprint density at radius 2 is 2.00 bits per heavy atom. The number of nitrogens with zero attached hydrogens (tertiary/aromatic N) is 1. The van der Waals surface area contributed by atoms with Crippen molar-refractivity contribution >= 4 is 28.5 Å². The van der Waals surface area contributed by atoms with Gasteiger partial charge >= 0.3 is 5.97 Å². The Kier molecular flexibility index (Phi) is 4.02. The predicted molar refractivity (Wildman–Crippen MR) is 82.3 cm³/mol. The molecule has 1 amide bonds. The molecule has 1 aromatic carbocycles. The number of aliphatic carboxylic acids is 1. The Morgan fingerprint density at radius 1 is 1.29 bits per heavy atom. The Morgan fingerprint density at radius 3 is 2.62 bits per heavy atom. The van der Waals surface area contributed by atoms with Gasteiger partial charge in [-0.3, -0.25) is 9.59 Å². The monoisotopic (exact) mass is 288 g/mol. The highest BCUT2D eigenvalue weighted by Crippen LogP contribution is 2.25. The number of carbonyl (C=O) groups is 2. The summed E-state index contributed by atoms with van der Waals surface area (Å²) in [5.74, 6) is -0.899. The molecule has 21 heavy (non-hydrogen) atoms. The molecule has 0 atom stereocenters. The molecule has 112 valence electrons. The van der Waals surface area contributed by atoms with Crippen molar-refractivity contribution in [2.75, 3.05) is 5.32 Å². The van der Waals surface area contributed by atoms with E-state index in [1.54, 1.807) is 16.8 Å². The molecule has 2 N–H and O–H groups in total. The van der Waals surface area contributed by atoms with Crippen LogP contribution in [0.5, 0.6) is 0 Å². The molecule has 0 unspecified atom stereocenters. The van der Waals surface area contributed by atoms with Crippen LogP contribution in [0.2, 0.25) is 0 Å². The third kappa shape index (κ3) is 3.24. The lowest BCUT2D eigenvalue weighted by molar-refractivity contribution is -0.137. The first kappa shape index (κ1) is 15.1. The smallest absolute Gasteiger partial charge is 0.323 e. The lowest BCUT2D eigenvalue weighted by Crippen LogP contribution is -2.29. The van der Waals surface area contributed by atoms with Crippen molar-refractivity contribution in [1.29, 1.82) is 0 Å². The maximum atomic E-state index is 12.2. The summed E-state index contributed by atoms with van der Waals surface area (Å²) in [7, 11) is 0. The van der Waals surface area contributed by atoms with E-state index in [1.807, 2.05) is 39.0 Å². The lowest BCUT2D eigenvalue weighted by Gasteiger charge is -2.21. The van der Waals surface area contributed by atoms with Gasteiger partial charge < -0.3 is 15.0 Å². The molecule has 0 saturated heterocycles. The van der Waals surface area contributed by atoms with Crippen molar-refractivity contribution in [3.8, 4) is 0 Å². The molecule has 5 heteroatoms. The van der Waals surface area contributed by atoms with Crippen LogP contribution in [-0.4, -0.2) is 21.6 Å². The molecule has 0 fully saturated rings.